The Labute approximate surface area is 162 Å². The van der Waals surface area contributed by atoms with Gasteiger partial charge in [-0.3, -0.25) is 4.90 Å². The van der Waals surface area contributed by atoms with Crippen LogP contribution < -0.4 is 0 Å². The number of likely N-dealkylation sites (tertiary alicyclic amines) is 1. The maximum Gasteiger partial charge on any atom is 0.0627 e. The van der Waals surface area contributed by atoms with Crippen molar-refractivity contribution < 1.29 is 0 Å². The number of nitriles is 1. The molecule has 1 fully saturated rings. The average Bonchev–Trinajstić information content (AvgIpc) is 2.64. The first kappa shape index (κ1) is 19.0. The Morgan fingerprint density at radius 1 is 1.08 bits per heavy atom. The molecule has 1 saturated heterocycles. The van der Waals surface area contributed by atoms with Crippen molar-refractivity contribution in [3.8, 4) is 17.2 Å². The van der Waals surface area contributed by atoms with Gasteiger partial charge in [-0.15, -0.1) is 0 Å². The number of nitrogens with zero attached hydrogens (tertiary/aromatic N) is 2. The third-order valence-corrected chi connectivity index (χ3v) is 6.26. The highest BCUT2D eigenvalue weighted by atomic mass is 35.5. The van der Waals surface area contributed by atoms with Gasteiger partial charge in [0.05, 0.1) is 6.07 Å². The summed E-state index contributed by atoms with van der Waals surface area (Å²) in [5, 5.41) is 9.97. The highest BCUT2D eigenvalue weighted by molar-refractivity contribution is 6.30. The van der Waals surface area contributed by atoms with Gasteiger partial charge in [0.2, 0.25) is 0 Å². The number of halogens is 1. The second kappa shape index (κ2) is 8.25. The van der Waals surface area contributed by atoms with E-state index >= 15 is 0 Å². The fourth-order valence-electron chi connectivity index (χ4n) is 4.00. The van der Waals surface area contributed by atoms with Gasteiger partial charge in [0.15, 0.2) is 0 Å². The van der Waals surface area contributed by atoms with Crippen LogP contribution in [0.25, 0.3) is 11.1 Å². The monoisotopic (exact) mass is 366 g/mol. The van der Waals surface area contributed by atoms with E-state index < -0.39 is 0 Å². The topological polar surface area (TPSA) is 27.0 Å². The van der Waals surface area contributed by atoms with Gasteiger partial charge >= 0.3 is 0 Å². The highest BCUT2D eigenvalue weighted by Crippen LogP contribution is 2.41. The first-order chi connectivity index (χ1) is 12.5. The normalized spacial score (nSPS) is 17.2. The summed E-state index contributed by atoms with van der Waals surface area (Å²) in [4.78, 5) is 2.52. The summed E-state index contributed by atoms with van der Waals surface area (Å²) in [6.07, 6.45) is 2.94. The molecule has 0 atom stereocenters. The molecule has 1 aliphatic rings. The van der Waals surface area contributed by atoms with Crippen molar-refractivity contribution in [1.82, 2.24) is 4.90 Å². The van der Waals surface area contributed by atoms with Crippen molar-refractivity contribution >= 4 is 11.6 Å². The molecule has 0 aromatic heterocycles. The summed E-state index contributed by atoms with van der Waals surface area (Å²) in [6, 6.07) is 19.2. The minimum absolute atomic E-state index is 0.210. The zero-order chi connectivity index (χ0) is 18.6. The summed E-state index contributed by atoms with van der Waals surface area (Å²) in [5.41, 5.74) is 3.90. The maximum atomic E-state index is 9.20. The Bertz CT molecular complexity index is 766. The van der Waals surface area contributed by atoms with Crippen molar-refractivity contribution in [2.24, 2.45) is 11.3 Å². The molecule has 0 spiro atoms. The molecule has 0 radical (unpaired) electrons. The molecule has 0 unspecified atom stereocenters. The van der Waals surface area contributed by atoms with E-state index in [1.807, 2.05) is 18.2 Å². The van der Waals surface area contributed by atoms with Crippen molar-refractivity contribution in [1.29, 1.82) is 5.26 Å². The van der Waals surface area contributed by atoms with Gasteiger partial charge in [-0.2, -0.15) is 5.26 Å². The van der Waals surface area contributed by atoms with Crippen LogP contribution in [0.4, 0.5) is 0 Å². The molecule has 0 N–H and O–H groups in total. The van der Waals surface area contributed by atoms with Gasteiger partial charge in [0, 0.05) is 18.0 Å². The third kappa shape index (κ3) is 4.29. The lowest BCUT2D eigenvalue weighted by molar-refractivity contribution is 0.0617. The van der Waals surface area contributed by atoms with Crippen molar-refractivity contribution in [2.45, 2.75) is 39.7 Å². The average molecular weight is 367 g/mol. The number of hydrogen-bond donors (Lipinski definition) is 0. The minimum Gasteiger partial charge on any atom is -0.299 e. The van der Waals surface area contributed by atoms with E-state index in [0.29, 0.717) is 12.3 Å². The fraction of sp³-hybridized carbons (Fsp3) is 0.435. The van der Waals surface area contributed by atoms with Crippen LogP contribution in [0.5, 0.6) is 0 Å². The lowest BCUT2D eigenvalue weighted by Crippen LogP contribution is -2.42. The van der Waals surface area contributed by atoms with Crippen molar-refractivity contribution in [3.63, 3.8) is 0 Å². The SMILES string of the molecule is CC(C)C1(CC#N)CCN(Cc2ccc(-c3cccc(Cl)c3)cc2)CC1. The lowest BCUT2D eigenvalue weighted by atomic mass is 9.68. The second-order valence-corrected chi connectivity index (χ2v) is 8.27. The van der Waals surface area contributed by atoms with Crippen LogP contribution in [0.1, 0.15) is 38.7 Å². The van der Waals surface area contributed by atoms with E-state index in [2.05, 4.69) is 55.1 Å². The van der Waals surface area contributed by atoms with Gasteiger partial charge in [0.1, 0.15) is 0 Å². The Balaban J connectivity index is 1.61. The zero-order valence-corrected chi connectivity index (χ0v) is 16.5. The first-order valence-corrected chi connectivity index (χ1v) is 9.84. The van der Waals surface area contributed by atoms with Crippen LogP contribution in [0.15, 0.2) is 48.5 Å². The molecule has 0 aliphatic carbocycles. The number of benzene rings is 2. The van der Waals surface area contributed by atoms with E-state index in [1.54, 1.807) is 0 Å². The molecule has 1 heterocycles. The molecule has 0 bridgehead atoms. The number of rotatable bonds is 5. The van der Waals surface area contributed by atoms with Crippen molar-refractivity contribution in [2.75, 3.05) is 13.1 Å². The largest absolute Gasteiger partial charge is 0.299 e. The Morgan fingerprint density at radius 3 is 2.35 bits per heavy atom. The number of hydrogen-bond acceptors (Lipinski definition) is 2. The molecular weight excluding hydrogens is 340 g/mol. The quantitative estimate of drug-likeness (QED) is 0.633. The van der Waals surface area contributed by atoms with E-state index in [9.17, 15) is 5.26 Å². The fourth-order valence-corrected chi connectivity index (χ4v) is 4.19. The van der Waals surface area contributed by atoms with Crippen molar-refractivity contribution in [3.05, 3.63) is 59.1 Å². The summed E-state index contributed by atoms with van der Waals surface area (Å²) in [6.45, 7) is 7.67. The van der Waals surface area contributed by atoms with Crippen LogP contribution in [-0.4, -0.2) is 18.0 Å². The second-order valence-electron chi connectivity index (χ2n) is 7.84. The Kier molecular flexibility index (Phi) is 6.01. The van der Waals surface area contributed by atoms with Crippen LogP contribution in [0.3, 0.4) is 0 Å². The molecule has 136 valence electrons. The Hall–Kier alpha value is -1.82. The molecule has 0 amide bonds. The van der Waals surface area contributed by atoms with E-state index in [1.165, 1.54) is 11.1 Å². The van der Waals surface area contributed by atoms with Gasteiger partial charge in [-0.05, 0) is 66.1 Å². The van der Waals surface area contributed by atoms with E-state index in [4.69, 9.17) is 11.6 Å². The van der Waals surface area contributed by atoms with E-state index in [0.717, 1.165) is 43.1 Å². The molecular formula is C23H27ClN2. The smallest absolute Gasteiger partial charge is 0.0627 e. The number of piperidine rings is 1. The molecule has 3 rings (SSSR count). The predicted molar refractivity (Wildman–Crippen MR) is 109 cm³/mol. The molecule has 2 nitrogen and oxygen atoms in total. The molecule has 26 heavy (non-hydrogen) atoms. The third-order valence-electron chi connectivity index (χ3n) is 6.03. The van der Waals surface area contributed by atoms with Gasteiger partial charge in [0.25, 0.3) is 0 Å². The summed E-state index contributed by atoms with van der Waals surface area (Å²) >= 11 is 6.10. The maximum absolute atomic E-state index is 9.20. The van der Waals surface area contributed by atoms with Crippen LogP contribution in [0.2, 0.25) is 5.02 Å². The summed E-state index contributed by atoms with van der Waals surface area (Å²) in [7, 11) is 0. The van der Waals surface area contributed by atoms with Gasteiger partial charge in [-0.25, -0.2) is 0 Å². The summed E-state index contributed by atoms with van der Waals surface area (Å²) in [5.74, 6) is 0.571. The molecule has 1 aliphatic heterocycles. The molecule has 2 aromatic rings. The molecule has 3 heteroatoms. The minimum atomic E-state index is 0.210. The van der Waals surface area contributed by atoms with Crippen LogP contribution >= 0.6 is 11.6 Å². The standard InChI is InChI=1S/C23H27ClN2/c1-18(2)23(10-13-25)11-14-26(15-12-23)17-19-6-8-20(9-7-19)21-4-3-5-22(24)16-21/h3-9,16,18H,10-12,14-15,17H2,1-2H3. The van der Waals surface area contributed by atoms with Gasteiger partial charge in [-0.1, -0.05) is 61.8 Å². The van der Waals surface area contributed by atoms with E-state index in [-0.39, 0.29) is 5.41 Å². The zero-order valence-electron chi connectivity index (χ0n) is 15.7. The predicted octanol–water partition coefficient (Wildman–Crippen LogP) is 6.16. The Morgan fingerprint density at radius 2 is 1.77 bits per heavy atom. The van der Waals surface area contributed by atoms with Crippen LogP contribution in [0, 0.1) is 22.7 Å². The van der Waals surface area contributed by atoms with Gasteiger partial charge < -0.3 is 0 Å². The highest BCUT2D eigenvalue weighted by Gasteiger charge is 2.37. The van der Waals surface area contributed by atoms with Crippen LogP contribution in [-0.2, 0) is 6.54 Å². The molecule has 0 saturated carbocycles. The summed E-state index contributed by atoms with van der Waals surface area (Å²) < 4.78 is 0. The first-order valence-electron chi connectivity index (χ1n) is 9.47. The lowest BCUT2D eigenvalue weighted by Gasteiger charge is -2.43. The molecule has 2 aromatic carbocycles.